The summed E-state index contributed by atoms with van der Waals surface area (Å²) in [5, 5.41) is 9.85. The number of hydrogen-bond donors (Lipinski definition) is 2. The number of β-amino-alcohol motifs (C(OH)–C–C–N with tert-alkyl or cyclic N) is 1. The minimum Gasteiger partial charge on any atom is -0.392 e. The molecule has 1 aliphatic carbocycles. The zero-order chi connectivity index (χ0) is 10.9. The third-order valence-electron chi connectivity index (χ3n) is 4.31. The van der Waals surface area contributed by atoms with Gasteiger partial charge in [0.25, 0.3) is 0 Å². The lowest BCUT2D eigenvalue weighted by molar-refractivity contribution is -0.00186. The molecular weight excluding hydrogens is 206 g/mol. The SMILES string of the molecule is CC1CCN(CC2(CS)CCC2)CC1O. The molecule has 0 bridgehead atoms. The zero-order valence-corrected chi connectivity index (χ0v) is 10.5. The zero-order valence-electron chi connectivity index (χ0n) is 9.65. The van der Waals surface area contributed by atoms with Gasteiger partial charge in [-0.2, -0.15) is 12.6 Å². The van der Waals surface area contributed by atoms with Crippen molar-refractivity contribution in [3.8, 4) is 0 Å². The Hall–Kier alpha value is 0.270. The van der Waals surface area contributed by atoms with Gasteiger partial charge < -0.3 is 10.0 Å². The molecular formula is C12H23NOS. The molecule has 1 N–H and O–H groups in total. The van der Waals surface area contributed by atoms with E-state index in [9.17, 15) is 5.11 Å². The van der Waals surface area contributed by atoms with Crippen molar-refractivity contribution in [2.45, 2.75) is 38.7 Å². The van der Waals surface area contributed by atoms with Crippen LogP contribution in [0.3, 0.4) is 0 Å². The maximum absolute atomic E-state index is 9.85. The lowest BCUT2D eigenvalue weighted by Gasteiger charge is -2.46. The van der Waals surface area contributed by atoms with Gasteiger partial charge in [0.2, 0.25) is 0 Å². The highest BCUT2D eigenvalue weighted by Gasteiger charge is 2.38. The minimum absolute atomic E-state index is 0.115. The molecule has 1 saturated carbocycles. The number of aliphatic hydroxyl groups excluding tert-OH is 1. The molecule has 3 heteroatoms. The Balaban J connectivity index is 1.84. The van der Waals surface area contributed by atoms with E-state index in [-0.39, 0.29) is 6.10 Å². The standard InChI is InChI=1S/C12H23NOS/c1-10-3-6-13(7-11(10)14)8-12(9-15)4-2-5-12/h10-11,14-15H,2-9H2,1H3. The first-order chi connectivity index (χ1) is 7.15. The lowest BCUT2D eigenvalue weighted by Crippen LogP contribution is -2.50. The minimum atomic E-state index is -0.115. The number of piperidine rings is 1. The molecule has 1 heterocycles. The van der Waals surface area contributed by atoms with Crippen molar-refractivity contribution in [1.29, 1.82) is 0 Å². The molecule has 0 amide bonds. The van der Waals surface area contributed by atoms with Crippen LogP contribution in [0.5, 0.6) is 0 Å². The molecule has 2 fully saturated rings. The van der Waals surface area contributed by atoms with Gasteiger partial charge in [-0.05, 0) is 42.9 Å². The van der Waals surface area contributed by atoms with Crippen LogP contribution in [0.25, 0.3) is 0 Å². The first-order valence-corrected chi connectivity index (χ1v) is 6.80. The van der Waals surface area contributed by atoms with E-state index in [1.54, 1.807) is 0 Å². The Kier molecular flexibility index (Phi) is 3.63. The monoisotopic (exact) mass is 229 g/mol. The Morgan fingerprint density at radius 2 is 2.20 bits per heavy atom. The fourth-order valence-electron chi connectivity index (χ4n) is 2.78. The number of rotatable bonds is 3. The molecule has 1 saturated heterocycles. The van der Waals surface area contributed by atoms with Crippen LogP contribution in [-0.4, -0.2) is 41.5 Å². The molecule has 0 aromatic carbocycles. The van der Waals surface area contributed by atoms with Crippen LogP contribution in [-0.2, 0) is 0 Å². The van der Waals surface area contributed by atoms with E-state index < -0.39 is 0 Å². The average Bonchev–Trinajstić information content (AvgIpc) is 2.17. The molecule has 0 aromatic heterocycles. The van der Waals surface area contributed by atoms with Gasteiger partial charge in [-0.3, -0.25) is 0 Å². The highest BCUT2D eigenvalue weighted by atomic mass is 32.1. The molecule has 1 aliphatic heterocycles. The van der Waals surface area contributed by atoms with E-state index in [0.29, 0.717) is 11.3 Å². The van der Waals surface area contributed by atoms with E-state index in [1.165, 1.54) is 19.3 Å². The normalized spacial score (nSPS) is 36.2. The Morgan fingerprint density at radius 3 is 2.67 bits per heavy atom. The summed E-state index contributed by atoms with van der Waals surface area (Å²) in [7, 11) is 0. The highest BCUT2D eigenvalue weighted by Crippen LogP contribution is 2.42. The number of nitrogens with zero attached hydrogens (tertiary/aromatic N) is 1. The second-order valence-corrected chi connectivity index (χ2v) is 5.90. The first kappa shape index (κ1) is 11.7. The van der Waals surface area contributed by atoms with Crippen molar-refractivity contribution >= 4 is 12.6 Å². The van der Waals surface area contributed by atoms with E-state index in [1.807, 2.05) is 0 Å². The third kappa shape index (κ3) is 2.51. The van der Waals surface area contributed by atoms with Gasteiger partial charge >= 0.3 is 0 Å². The smallest absolute Gasteiger partial charge is 0.0693 e. The Bertz CT molecular complexity index is 212. The van der Waals surface area contributed by atoms with Gasteiger partial charge in [-0.25, -0.2) is 0 Å². The molecule has 88 valence electrons. The fraction of sp³-hybridized carbons (Fsp3) is 1.00. The summed E-state index contributed by atoms with van der Waals surface area (Å²) in [6.45, 7) is 5.34. The van der Waals surface area contributed by atoms with Crippen LogP contribution in [0.4, 0.5) is 0 Å². The van der Waals surface area contributed by atoms with Gasteiger partial charge in [0.05, 0.1) is 6.10 Å². The predicted octanol–water partition coefficient (Wildman–Crippen LogP) is 1.79. The van der Waals surface area contributed by atoms with Crippen molar-refractivity contribution in [3.05, 3.63) is 0 Å². The van der Waals surface area contributed by atoms with Gasteiger partial charge in [-0.15, -0.1) is 0 Å². The summed E-state index contributed by atoms with van der Waals surface area (Å²) in [5.74, 6) is 1.49. The molecule has 0 aromatic rings. The summed E-state index contributed by atoms with van der Waals surface area (Å²) in [6.07, 6.45) is 5.06. The van der Waals surface area contributed by atoms with E-state index in [2.05, 4.69) is 24.5 Å². The molecule has 2 unspecified atom stereocenters. The topological polar surface area (TPSA) is 23.5 Å². The van der Waals surface area contributed by atoms with Crippen molar-refractivity contribution in [2.75, 3.05) is 25.4 Å². The Morgan fingerprint density at radius 1 is 1.47 bits per heavy atom. The van der Waals surface area contributed by atoms with Crippen LogP contribution in [0, 0.1) is 11.3 Å². The van der Waals surface area contributed by atoms with Gasteiger partial charge in [-0.1, -0.05) is 13.3 Å². The molecule has 15 heavy (non-hydrogen) atoms. The van der Waals surface area contributed by atoms with Crippen LogP contribution < -0.4 is 0 Å². The van der Waals surface area contributed by atoms with Crippen LogP contribution in [0.2, 0.25) is 0 Å². The van der Waals surface area contributed by atoms with Crippen LogP contribution in [0.15, 0.2) is 0 Å². The summed E-state index contributed by atoms with van der Waals surface area (Å²) in [5.41, 5.74) is 0.476. The second-order valence-electron chi connectivity index (χ2n) is 5.58. The maximum Gasteiger partial charge on any atom is 0.0693 e. The average molecular weight is 229 g/mol. The largest absolute Gasteiger partial charge is 0.392 e. The molecule has 0 radical (unpaired) electrons. The molecule has 2 rings (SSSR count). The van der Waals surface area contributed by atoms with E-state index in [4.69, 9.17) is 0 Å². The van der Waals surface area contributed by atoms with E-state index in [0.717, 1.165) is 31.8 Å². The molecule has 2 nitrogen and oxygen atoms in total. The summed E-state index contributed by atoms with van der Waals surface area (Å²) >= 11 is 4.48. The molecule has 0 spiro atoms. The third-order valence-corrected chi connectivity index (χ3v) is 4.98. The number of likely N-dealkylation sites (tertiary alicyclic amines) is 1. The predicted molar refractivity (Wildman–Crippen MR) is 66.4 cm³/mol. The summed E-state index contributed by atoms with van der Waals surface area (Å²) in [6, 6.07) is 0. The highest BCUT2D eigenvalue weighted by molar-refractivity contribution is 7.80. The van der Waals surface area contributed by atoms with Crippen LogP contribution in [0.1, 0.15) is 32.6 Å². The quantitative estimate of drug-likeness (QED) is 0.721. The van der Waals surface area contributed by atoms with Crippen LogP contribution >= 0.6 is 12.6 Å². The second kappa shape index (κ2) is 4.64. The van der Waals surface area contributed by atoms with Crippen molar-refractivity contribution in [2.24, 2.45) is 11.3 Å². The van der Waals surface area contributed by atoms with Gasteiger partial charge in [0.1, 0.15) is 0 Å². The maximum atomic E-state index is 9.85. The molecule has 2 atom stereocenters. The number of aliphatic hydroxyl groups is 1. The summed E-state index contributed by atoms with van der Waals surface area (Å²) < 4.78 is 0. The summed E-state index contributed by atoms with van der Waals surface area (Å²) in [4.78, 5) is 2.44. The number of hydrogen-bond acceptors (Lipinski definition) is 3. The first-order valence-electron chi connectivity index (χ1n) is 6.16. The lowest BCUT2D eigenvalue weighted by atomic mass is 9.69. The van der Waals surface area contributed by atoms with Crippen molar-refractivity contribution < 1.29 is 5.11 Å². The van der Waals surface area contributed by atoms with Crippen molar-refractivity contribution in [3.63, 3.8) is 0 Å². The fourth-order valence-corrected chi connectivity index (χ4v) is 3.19. The van der Waals surface area contributed by atoms with Gasteiger partial charge in [0, 0.05) is 13.1 Å². The number of thiol groups is 1. The van der Waals surface area contributed by atoms with Gasteiger partial charge in [0.15, 0.2) is 0 Å². The Labute approximate surface area is 98.5 Å². The van der Waals surface area contributed by atoms with E-state index >= 15 is 0 Å². The van der Waals surface area contributed by atoms with Crippen molar-refractivity contribution in [1.82, 2.24) is 4.90 Å². The molecule has 2 aliphatic rings.